The molecule has 0 spiro atoms. The molecule has 26 heavy (non-hydrogen) atoms. The van der Waals surface area contributed by atoms with Crippen LogP contribution in [-0.4, -0.2) is 48.6 Å². The Morgan fingerprint density at radius 3 is 2.58 bits per heavy atom. The average molecular weight is 374 g/mol. The van der Waals surface area contributed by atoms with Gasteiger partial charge < -0.3 is 14.5 Å². The zero-order chi connectivity index (χ0) is 18.5. The summed E-state index contributed by atoms with van der Waals surface area (Å²) in [7, 11) is 0. The first-order valence-corrected chi connectivity index (χ1v) is 9.29. The normalized spacial score (nSPS) is 14.6. The first kappa shape index (κ1) is 18.5. The van der Waals surface area contributed by atoms with Gasteiger partial charge in [0.1, 0.15) is 16.7 Å². The number of pyridine rings is 1. The van der Waals surface area contributed by atoms with Crippen molar-refractivity contribution in [2.45, 2.75) is 19.8 Å². The topological polar surface area (TPSA) is 45.7 Å². The summed E-state index contributed by atoms with van der Waals surface area (Å²) in [5.74, 6) is 2.04. The molecule has 1 aromatic heterocycles. The summed E-state index contributed by atoms with van der Waals surface area (Å²) >= 11 is 5.95. The van der Waals surface area contributed by atoms with E-state index in [1.54, 1.807) is 6.07 Å². The van der Waals surface area contributed by atoms with Gasteiger partial charge in [-0.3, -0.25) is 4.79 Å². The van der Waals surface area contributed by atoms with Crippen LogP contribution >= 0.6 is 11.6 Å². The first-order valence-electron chi connectivity index (χ1n) is 8.91. The Bertz CT molecular complexity index is 758. The van der Waals surface area contributed by atoms with Gasteiger partial charge in [-0.05, 0) is 35.7 Å². The summed E-state index contributed by atoms with van der Waals surface area (Å²) in [4.78, 5) is 20.7. The van der Waals surface area contributed by atoms with Gasteiger partial charge in [0.25, 0.3) is 5.91 Å². The summed E-state index contributed by atoms with van der Waals surface area (Å²) in [5, 5.41) is 0.484. The van der Waals surface area contributed by atoms with Gasteiger partial charge in [-0.1, -0.05) is 43.6 Å². The lowest BCUT2D eigenvalue weighted by atomic mass is 10.0. The van der Waals surface area contributed by atoms with Crippen LogP contribution in [0.4, 0.5) is 5.82 Å². The third kappa shape index (κ3) is 4.67. The van der Waals surface area contributed by atoms with E-state index in [-0.39, 0.29) is 12.5 Å². The van der Waals surface area contributed by atoms with Crippen molar-refractivity contribution in [3.63, 3.8) is 0 Å². The second kappa shape index (κ2) is 8.41. The van der Waals surface area contributed by atoms with E-state index in [0.717, 1.165) is 24.7 Å². The molecule has 1 aromatic carbocycles. The van der Waals surface area contributed by atoms with Gasteiger partial charge in [-0.2, -0.15) is 0 Å². The van der Waals surface area contributed by atoms with E-state index in [9.17, 15) is 4.79 Å². The van der Waals surface area contributed by atoms with Crippen LogP contribution in [0.2, 0.25) is 5.15 Å². The summed E-state index contributed by atoms with van der Waals surface area (Å²) in [5.41, 5.74) is 1.21. The van der Waals surface area contributed by atoms with Crippen LogP contribution in [0.1, 0.15) is 25.3 Å². The van der Waals surface area contributed by atoms with Crippen LogP contribution in [0, 0.1) is 0 Å². The number of hydrogen-bond acceptors (Lipinski definition) is 4. The molecule has 0 bridgehead atoms. The molecule has 1 saturated heterocycles. The van der Waals surface area contributed by atoms with Crippen LogP contribution in [0.25, 0.3) is 0 Å². The Morgan fingerprint density at radius 2 is 1.88 bits per heavy atom. The fourth-order valence-electron chi connectivity index (χ4n) is 2.96. The van der Waals surface area contributed by atoms with Crippen molar-refractivity contribution in [3.8, 4) is 5.75 Å². The molecule has 1 aliphatic rings. The standard InChI is InChI=1S/C20H24ClN3O2/c1-15(2)16-5-3-6-17(13-16)26-14-20(25)24-11-9-23(10-12-24)19-8-4-7-18(21)22-19/h3-8,13,15H,9-12,14H2,1-2H3. The number of ether oxygens (including phenoxy) is 1. The predicted octanol–water partition coefficient (Wildman–Crippen LogP) is 3.59. The lowest BCUT2D eigenvalue weighted by molar-refractivity contribution is -0.133. The second-order valence-electron chi connectivity index (χ2n) is 6.70. The summed E-state index contributed by atoms with van der Waals surface area (Å²) < 4.78 is 5.70. The Hall–Kier alpha value is -2.27. The molecule has 138 valence electrons. The minimum atomic E-state index is 0.0126. The molecule has 5 nitrogen and oxygen atoms in total. The molecule has 6 heteroatoms. The quantitative estimate of drug-likeness (QED) is 0.751. The number of amides is 1. The highest BCUT2D eigenvalue weighted by Crippen LogP contribution is 2.20. The van der Waals surface area contributed by atoms with E-state index in [0.29, 0.717) is 24.2 Å². The third-order valence-corrected chi connectivity index (χ3v) is 4.75. The molecule has 1 aliphatic heterocycles. The fraction of sp³-hybridized carbons (Fsp3) is 0.400. The number of anilines is 1. The van der Waals surface area contributed by atoms with Crippen LogP contribution in [0.15, 0.2) is 42.5 Å². The molecule has 0 unspecified atom stereocenters. The maximum absolute atomic E-state index is 12.4. The molecule has 0 N–H and O–H groups in total. The number of carbonyl (C=O) groups excluding carboxylic acids is 1. The van der Waals surface area contributed by atoms with Gasteiger partial charge in [0.15, 0.2) is 6.61 Å². The van der Waals surface area contributed by atoms with Gasteiger partial charge >= 0.3 is 0 Å². The van der Waals surface area contributed by atoms with E-state index >= 15 is 0 Å². The summed E-state index contributed by atoms with van der Waals surface area (Å²) in [6, 6.07) is 13.5. The molecule has 1 amide bonds. The molecular formula is C20H24ClN3O2. The average Bonchev–Trinajstić information content (AvgIpc) is 2.66. The minimum absolute atomic E-state index is 0.0126. The zero-order valence-corrected chi connectivity index (χ0v) is 15.9. The molecule has 0 saturated carbocycles. The highest BCUT2D eigenvalue weighted by Gasteiger charge is 2.22. The third-order valence-electron chi connectivity index (χ3n) is 4.54. The van der Waals surface area contributed by atoms with E-state index in [1.807, 2.05) is 35.2 Å². The molecule has 0 atom stereocenters. The van der Waals surface area contributed by atoms with Crippen molar-refractivity contribution < 1.29 is 9.53 Å². The smallest absolute Gasteiger partial charge is 0.260 e. The minimum Gasteiger partial charge on any atom is -0.484 e. The van der Waals surface area contributed by atoms with Crippen molar-refractivity contribution >= 4 is 23.3 Å². The van der Waals surface area contributed by atoms with E-state index in [2.05, 4.69) is 29.8 Å². The highest BCUT2D eigenvalue weighted by atomic mass is 35.5. The largest absolute Gasteiger partial charge is 0.484 e. The van der Waals surface area contributed by atoms with Gasteiger partial charge in [-0.25, -0.2) is 4.98 Å². The SMILES string of the molecule is CC(C)c1cccc(OCC(=O)N2CCN(c3cccc(Cl)n3)CC2)c1. The van der Waals surface area contributed by atoms with Crippen LogP contribution < -0.4 is 9.64 Å². The van der Waals surface area contributed by atoms with Crippen molar-refractivity contribution in [3.05, 3.63) is 53.2 Å². The Kier molecular flexibility index (Phi) is 5.99. The van der Waals surface area contributed by atoms with Gasteiger partial charge in [0, 0.05) is 26.2 Å². The number of aromatic nitrogens is 1. The van der Waals surface area contributed by atoms with Gasteiger partial charge in [-0.15, -0.1) is 0 Å². The molecule has 0 radical (unpaired) electrons. The van der Waals surface area contributed by atoms with Gasteiger partial charge in [0.05, 0.1) is 0 Å². The maximum Gasteiger partial charge on any atom is 0.260 e. The number of nitrogens with zero attached hydrogens (tertiary/aromatic N) is 3. The lowest BCUT2D eigenvalue weighted by Gasteiger charge is -2.35. The maximum atomic E-state index is 12.4. The van der Waals surface area contributed by atoms with Gasteiger partial charge in [0.2, 0.25) is 0 Å². The number of benzene rings is 1. The number of rotatable bonds is 5. The summed E-state index contributed by atoms with van der Waals surface area (Å²) in [6.45, 7) is 7.13. The summed E-state index contributed by atoms with van der Waals surface area (Å²) in [6.07, 6.45) is 0. The molecule has 2 heterocycles. The van der Waals surface area contributed by atoms with Crippen molar-refractivity contribution in [2.75, 3.05) is 37.7 Å². The van der Waals surface area contributed by atoms with Crippen LogP contribution in [-0.2, 0) is 4.79 Å². The monoisotopic (exact) mass is 373 g/mol. The Balaban J connectivity index is 1.50. The van der Waals surface area contributed by atoms with Crippen LogP contribution in [0.5, 0.6) is 5.75 Å². The predicted molar refractivity (Wildman–Crippen MR) is 104 cm³/mol. The van der Waals surface area contributed by atoms with Crippen molar-refractivity contribution in [1.82, 2.24) is 9.88 Å². The number of carbonyl (C=O) groups is 1. The Labute approximate surface area is 159 Å². The molecule has 3 rings (SSSR count). The molecule has 1 fully saturated rings. The molecular weight excluding hydrogens is 350 g/mol. The van der Waals surface area contributed by atoms with Crippen LogP contribution in [0.3, 0.4) is 0 Å². The van der Waals surface area contributed by atoms with E-state index in [1.165, 1.54) is 5.56 Å². The first-order chi connectivity index (χ1) is 12.5. The zero-order valence-electron chi connectivity index (χ0n) is 15.2. The number of piperazine rings is 1. The highest BCUT2D eigenvalue weighted by molar-refractivity contribution is 6.29. The molecule has 0 aliphatic carbocycles. The van der Waals surface area contributed by atoms with Crippen molar-refractivity contribution in [2.24, 2.45) is 0 Å². The second-order valence-corrected chi connectivity index (χ2v) is 7.09. The van der Waals surface area contributed by atoms with E-state index in [4.69, 9.17) is 16.3 Å². The Morgan fingerprint density at radius 1 is 1.15 bits per heavy atom. The van der Waals surface area contributed by atoms with E-state index < -0.39 is 0 Å². The lowest BCUT2D eigenvalue weighted by Crippen LogP contribution is -2.50. The number of hydrogen-bond donors (Lipinski definition) is 0. The fourth-order valence-corrected chi connectivity index (χ4v) is 3.12. The number of halogens is 1. The van der Waals surface area contributed by atoms with Crippen molar-refractivity contribution in [1.29, 1.82) is 0 Å². The molecule has 2 aromatic rings.